The van der Waals surface area contributed by atoms with E-state index in [9.17, 15) is 9.90 Å². The lowest BCUT2D eigenvalue weighted by Gasteiger charge is -2.26. The Labute approximate surface area is 123 Å². The maximum atomic E-state index is 11.6. The first-order valence-electron chi connectivity index (χ1n) is 8.00. The summed E-state index contributed by atoms with van der Waals surface area (Å²) in [6.45, 7) is 0. The zero-order chi connectivity index (χ0) is 14.4. The monoisotopic (exact) mass is 284 g/mol. The number of imidazole rings is 1. The second-order valence-electron chi connectivity index (χ2n) is 6.38. The summed E-state index contributed by atoms with van der Waals surface area (Å²) in [4.78, 5) is 16.4. The predicted octanol–water partition coefficient (Wildman–Crippen LogP) is 4.12. The Bertz CT molecular complexity index is 694. The summed E-state index contributed by atoms with van der Waals surface area (Å²) < 4.78 is 2.29. The molecular formula is C17H20N2O2. The number of para-hydroxylation sites is 1. The van der Waals surface area contributed by atoms with Gasteiger partial charge in [0.2, 0.25) is 0 Å². The minimum absolute atomic E-state index is 0.400. The molecule has 4 nitrogen and oxygen atoms in total. The molecule has 0 unspecified atom stereocenters. The number of benzene rings is 1. The van der Waals surface area contributed by atoms with Gasteiger partial charge in [0, 0.05) is 12.0 Å². The molecule has 2 saturated carbocycles. The molecule has 1 aromatic carbocycles. The van der Waals surface area contributed by atoms with E-state index in [1.54, 1.807) is 12.1 Å². The first-order chi connectivity index (χ1) is 10.3. The molecule has 0 bridgehead atoms. The van der Waals surface area contributed by atoms with Gasteiger partial charge in [-0.2, -0.15) is 0 Å². The minimum Gasteiger partial charge on any atom is -0.478 e. The Kier molecular flexibility index (Phi) is 2.98. The second kappa shape index (κ2) is 4.86. The van der Waals surface area contributed by atoms with Gasteiger partial charge < -0.3 is 9.67 Å². The fourth-order valence-electron chi connectivity index (χ4n) is 3.68. The Balaban J connectivity index is 1.95. The first-order valence-corrected chi connectivity index (χ1v) is 8.00. The van der Waals surface area contributed by atoms with Gasteiger partial charge in [0.1, 0.15) is 5.82 Å². The highest BCUT2D eigenvalue weighted by Gasteiger charge is 2.33. The smallest absolute Gasteiger partial charge is 0.337 e. The van der Waals surface area contributed by atoms with Gasteiger partial charge >= 0.3 is 5.97 Å². The van der Waals surface area contributed by atoms with Gasteiger partial charge in [-0.15, -0.1) is 0 Å². The molecule has 110 valence electrons. The zero-order valence-electron chi connectivity index (χ0n) is 12.1. The maximum Gasteiger partial charge on any atom is 0.337 e. The van der Waals surface area contributed by atoms with Crippen LogP contribution in [0.2, 0.25) is 0 Å². The molecule has 1 N–H and O–H groups in total. The maximum absolute atomic E-state index is 11.6. The molecule has 1 aromatic heterocycles. The molecule has 0 spiro atoms. The molecule has 0 saturated heterocycles. The van der Waals surface area contributed by atoms with Crippen molar-refractivity contribution in [3.8, 4) is 0 Å². The van der Waals surface area contributed by atoms with Gasteiger partial charge in [0.15, 0.2) is 0 Å². The van der Waals surface area contributed by atoms with E-state index in [0.717, 1.165) is 29.7 Å². The van der Waals surface area contributed by atoms with Crippen LogP contribution in [0.25, 0.3) is 11.0 Å². The summed E-state index contributed by atoms with van der Waals surface area (Å²) in [5, 5.41) is 9.53. The highest BCUT2D eigenvalue weighted by molar-refractivity contribution is 6.01. The van der Waals surface area contributed by atoms with E-state index < -0.39 is 5.97 Å². The van der Waals surface area contributed by atoms with E-state index >= 15 is 0 Å². The van der Waals surface area contributed by atoms with Crippen LogP contribution < -0.4 is 0 Å². The third kappa shape index (κ3) is 2.13. The van der Waals surface area contributed by atoms with Crippen molar-refractivity contribution >= 4 is 17.0 Å². The topological polar surface area (TPSA) is 55.1 Å². The summed E-state index contributed by atoms with van der Waals surface area (Å²) in [6.07, 6.45) is 8.47. The van der Waals surface area contributed by atoms with Crippen molar-refractivity contribution in [3.05, 3.63) is 29.6 Å². The molecule has 0 radical (unpaired) electrons. The fraction of sp³-hybridized carbons (Fsp3) is 0.529. The molecular weight excluding hydrogens is 264 g/mol. The van der Waals surface area contributed by atoms with Crippen LogP contribution in [-0.4, -0.2) is 20.6 Å². The molecule has 2 aliphatic carbocycles. The van der Waals surface area contributed by atoms with Gasteiger partial charge in [0.25, 0.3) is 0 Å². The van der Waals surface area contributed by atoms with E-state index in [2.05, 4.69) is 4.57 Å². The molecule has 0 amide bonds. The third-order valence-corrected chi connectivity index (χ3v) is 4.85. The van der Waals surface area contributed by atoms with Gasteiger partial charge in [-0.05, 0) is 37.8 Å². The Morgan fingerprint density at radius 1 is 1.14 bits per heavy atom. The van der Waals surface area contributed by atoms with Crippen LogP contribution in [0.4, 0.5) is 0 Å². The Morgan fingerprint density at radius 3 is 2.57 bits per heavy atom. The van der Waals surface area contributed by atoms with Crippen molar-refractivity contribution in [2.75, 3.05) is 0 Å². The van der Waals surface area contributed by atoms with Crippen molar-refractivity contribution in [1.82, 2.24) is 9.55 Å². The van der Waals surface area contributed by atoms with Gasteiger partial charge in [0.05, 0.1) is 16.6 Å². The number of fused-ring (bicyclic) bond motifs is 1. The first kappa shape index (κ1) is 12.9. The summed E-state index contributed by atoms with van der Waals surface area (Å²) in [5.41, 5.74) is 2.10. The number of aromatic carboxylic acids is 1. The molecule has 21 heavy (non-hydrogen) atoms. The summed E-state index contributed by atoms with van der Waals surface area (Å²) >= 11 is 0. The van der Waals surface area contributed by atoms with Crippen LogP contribution in [0, 0.1) is 0 Å². The van der Waals surface area contributed by atoms with Crippen molar-refractivity contribution < 1.29 is 9.90 Å². The van der Waals surface area contributed by atoms with Crippen molar-refractivity contribution in [2.24, 2.45) is 0 Å². The lowest BCUT2D eigenvalue weighted by Crippen LogP contribution is -2.16. The van der Waals surface area contributed by atoms with Crippen molar-refractivity contribution in [2.45, 2.75) is 56.9 Å². The summed E-state index contributed by atoms with van der Waals surface area (Å²) in [7, 11) is 0. The third-order valence-electron chi connectivity index (χ3n) is 4.85. The summed E-state index contributed by atoms with van der Waals surface area (Å²) in [6, 6.07) is 5.90. The highest BCUT2D eigenvalue weighted by atomic mass is 16.4. The molecule has 2 aromatic rings. The van der Waals surface area contributed by atoms with E-state index in [1.807, 2.05) is 6.07 Å². The number of carboxylic acids is 1. The lowest BCUT2D eigenvalue weighted by atomic mass is 9.94. The lowest BCUT2D eigenvalue weighted by molar-refractivity contribution is 0.0698. The number of rotatable bonds is 3. The van der Waals surface area contributed by atoms with Crippen LogP contribution in [0.3, 0.4) is 0 Å². The van der Waals surface area contributed by atoms with Crippen molar-refractivity contribution in [1.29, 1.82) is 0 Å². The molecule has 2 aliphatic rings. The van der Waals surface area contributed by atoms with E-state index in [4.69, 9.17) is 4.98 Å². The normalized spacial score (nSPS) is 20.0. The van der Waals surface area contributed by atoms with Gasteiger partial charge in [-0.25, -0.2) is 9.78 Å². The SMILES string of the molecule is O=C(O)c1cccc2nc(C3CC3)n(C3CCCCC3)c12. The average Bonchev–Trinajstić information content (AvgIpc) is 3.27. The van der Waals surface area contributed by atoms with Crippen molar-refractivity contribution in [3.63, 3.8) is 0 Å². The zero-order valence-corrected chi connectivity index (χ0v) is 12.1. The molecule has 0 atom stereocenters. The number of hydrogen-bond acceptors (Lipinski definition) is 2. The van der Waals surface area contributed by atoms with Crippen LogP contribution in [0.5, 0.6) is 0 Å². The standard InChI is InChI=1S/C17H20N2O2/c20-17(21)13-7-4-8-14-15(13)19(12-5-2-1-3-6-12)16(18-14)11-9-10-11/h4,7-8,11-12H,1-3,5-6,9-10H2,(H,20,21). The molecule has 1 heterocycles. The fourth-order valence-corrected chi connectivity index (χ4v) is 3.68. The van der Waals surface area contributed by atoms with Gasteiger partial charge in [-0.3, -0.25) is 0 Å². The van der Waals surface area contributed by atoms with E-state index in [0.29, 0.717) is 17.5 Å². The molecule has 4 heteroatoms. The average molecular weight is 284 g/mol. The van der Waals surface area contributed by atoms with Gasteiger partial charge in [-0.1, -0.05) is 25.3 Å². The number of nitrogens with zero attached hydrogens (tertiary/aromatic N) is 2. The minimum atomic E-state index is -0.847. The van der Waals surface area contributed by atoms with Crippen LogP contribution in [0.15, 0.2) is 18.2 Å². The number of aromatic nitrogens is 2. The largest absolute Gasteiger partial charge is 0.478 e. The van der Waals surface area contributed by atoms with Crippen LogP contribution in [-0.2, 0) is 0 Å². The highest BCUT2D eigenvalue weighted by Crippen LogP contribution is 2.44. The number of carbonyl (C=O) groups is 1. The van der Waals surface area contributed by atoms with E-state index in [-0.39, 0.29) is 0 Å². The van der Waals surface area contributed by atoms with Crippen LogP contribution in [0.1, 0.15) is 73.1 Å². The Hall–Kier alpha value is -1.84. The second-order valence-corrected chi connectivity index (χ2v) is 6.38. The molecule has 0 aliphatic heterocycles. The van der Waals surface area contributed by atoms with Crippen LogP contribution >= 0.6 is 0 Å². The predicted molar refractivity (Wildman–Crippen MR) is 80.8 cm³/mol. The Morgan fingerprint density at radius 2 is 1.90 bits per heavy atom. The molecule has 4 rings (SSSR count). The van der Waals surface area contributed by atoms with E-state index in [1.165, 1.54) is 32.1 Å². The quantitative estimate of drug-likeness (QED) is 0.922. The number of carboxylic acid groups (broad SMARTS) is 1. The molecule has 2 fully saturated rings. The number of hydrogen-bond donors (Lipinski definition) is 1. The summed E-state index contributed by atoms with van der Waals surface area (Å²) in [5.74, 6) is 0.825.